The molecule has 0 aromatic heterocycles. The molecule has 35 heavy (non-hydrogen) atoms. The summed E-state index contributed by atoms with van der Waals surface area (Å²) in [7, 11) is 0. The van der Waals surface area contributed by atoms with Crippen LogP contribution in [0.15, 0.2) is 23.1 Å². The first-order valence-corrected chi connectivity index (χ1v) is 14.7. The summed E-state index contributed by atoms with van der Waals surface area (Å²) in [4.78, 5) is 11.6. The zero-order chi connectivity index (χ0) is 25.3. The minimum atomic E-state index is -2.65. The van der Waals surface area contributed by atoms with Crippen LogP contribution in [0.25, 0.3) is 0 Å². The summed E-state index contributed by atoms with van der Waals surface area (Å²) in [6.45, 7) is 2.25. The molecule has 0 heterocycles. The van der Waals surface area contributed by atoms with Crippen molar-refractivity contribution in [3.05, 3.63) is 29.6 Å². The number of hydrogen-bond acceptors (Lipinski definition) is 2. The molecule has 2 saturated carbocycles. The predicted molar refractivity (Wildman–Crippen MR) is 138 cm³/mol. The number of carboxylic acid groups (broad SMARTS) is 1. The molecule has 0 bridgehead atoms. The van der Waals surface area contributed by atoms with E-state index in [9.17, 15) is 23.1 Å². The van der Waals surface area contributed by atoms with Gasteiger partial charge >= 0.3 is 5.97 Å². The molecule has 2 fully saturated rings. The third kappa shape index (κ3) is 7.90. The molecule has 0 saturated heterocycles. The molecule has 1 aromatic carbocycles. The fraction of sp³-hybridized carbons (Fsp3) is 0.759. The molecule has 0 atom stereocenters. The third-order valence-corrected chi connectivity index (χ3v) is 9.56. The fourth-order valence-electron chi connectivity index (χ4n) is 6.71. The van der Waals surface area contributed by atoms with Crippen molar-refractivity contribution in [3.8, 4) is 0 Å². The Morgan fingerprint density at radius 1 is 1.00 bits per heavy atom. The molecule has 0 radical (unpaired) electrons. The van der Waals surface area contributed by atoms with E-state index in [1.54, 1.807) is 0 Å². The molecule has 0 unspecified atom stereocenters. The van der Waals surface area contributed by atoms with Gasteiger partial charge in [0.25, 0.3) is 5.76 Å². The third-order valence-electron chi connectivity index (χ3n) is 8.79. The van der Waals surface area contributed by atoms with Crippen molar-refractivity contribution in [1.29, 1.82) is 0 Å². The Hall–Kier alpha value is -1.17. The SMILES string of the molecule is CCCCCCCCCC1CCC(C2(c3ccc(SC(F)F)c(F)c3)CCC(C(=O)O)CC2)CC1. The lowest BCUT2D eigenvalue weighted by molar-refractivity contribution is -0.143. The molecule has 2 aliphatic carbocycles. The second-order valence-electron chi connectivity index (χ2n) is 10.9. The Balaban J connectivity index is 1.62. The molecular formula is C29H43F3O2S. The van der Waals surface area contributed by atoms with Gasteiger partial charge in [0.15, 0.2) is 0 Å². The first-order valence-electron chi connectivity index (χ1n) is 13.8. The van der Waals surface area contributed by atoms with E-state index < -0.39 is 17.5 Å². The van der Waals surface area contributed by atoms with Crippen LogP contribution in [0.5, 0.6) is 0 Å². The first-order chi connectivity index (χ1) is 16.9. The van der Waals surface area contributed by atoms with Gasteiger partial charge in [0, 0.05) is 4.90 Å². The van der Waals surface area contributed by atoms with E-state index in [1.165, 1.54) is 76.3 Å². The molecular weight excluding hydrogens is 469 g/mol. The van der Waals surface area contributed by atoms with Gasteiger partial charge in [-0.25, -0.2) is 4.39 Å². The highest BCUT2D eigenvalue weighted by molar-refractivity contribution is 7.99. The van der Waals surface area contributed by atoms with Crippen molar-refractivity contribution in [2.45, 2.75) is 126 Å². The summed E-state index contributed by atoms with van der Waals surface area (Å²) in [6.07, 6.45) is 17.8. The lowest BCUT2D eigenvalue weighted by atomic mass is 9.56. The van der Waals surface area contributed by atoms with Crippen LogP contribution >= 0.6 is 11.8 Å². The van der Waals surface area contributed by atoms with Gasteiger partial charge in [0.05, 0.1) is 5.92 Å². The van der Waals surface area contributed by atoms with Gasteiger partial charge < -0.3 is 5.11 Å². The van der Waals surface area contributed by atoms with Crippen LogP contribution in [0, 0.1) is 23.6 Å². The average Bonchev–Trinajstić information content (AvgIpc) is 2.85. The van der Waals surface area contributed by atoms with Crippen molar-refractivity contribution >= 4 is 17.7 Å². The maximum atomic E-state index is 14.8. The predicted octanol–water partition coefficient (Wildman–Crippen LogP) is 9.60. The average molecular weight is 513 g/mol. The molecule has 1 N–H and O–H groups in total. The number of alkyl halides is 2. The molecule has 2 nitrogen and oxygen atoms in total. The number of unbranched alkanes of at least 4 members (excludes halogenated alkanes) is 6. The molecule has 6 heteroatoms. The molecule has 3 rings (SSSR count). The standard InChI is InChI=1S/C29H43F3O2S/c1-2-3-4-5-6-7-8-9-21-10-12-23(13-11-21)29(18-16-22(17-19-29)27(33)34)24-14-15-26(25(30)20-24)35-28(31)32/h14-15,20-23,28H,2-13,16-19H2,1H3,(H,33,34). The van der Waals surface area contributed by atoms with E-state index in [4.69, 9.17) is 0 Å². The Kier molecular flexibility index (Phi) is 11.3. The van der Waals surface area contributed by atoms with Crippen LogP contribution in [0.4, 0.5) is 13.2 Å². The lowest BCUT2D eigenvalue weighted by Gasteiger charge is -2.48. The maximum absolute atomic E-state index is 14.8. The smallest absolute Gasteiger partial charge is 0.306 e. The Labute approximate surface area is 213 Å². The summed E-state index contributed by atoms with van der Waals surface area (Å²) >= 11 is 0.248. The number of rotatable bonds is 13. The van der Waals surface area contributed by atoms with E-state index >= 15 is 0 Å². The van der Waals surface area contributed by atoms with Gasteiger partial charge in [-0.05, 0) is 73.5 Å². The normalized spacial score (nSPS) is 27.3. The Morgan fingerprint density at radius 2 is 1.63 bits per heavy atom. The number of aliphatic carboxylic acids is 1. The van der Waals surface area contributed by atoms with Gasteiger partial charge in [0.2, 0.25) is 0 Å². The monoisotopic (exact) mass is 512 g/mol. The number of carboxylic acids is 1. The highest BCUT2D eigenvalue weighted by atomic mass is 32.2. The van der Waals surface area contributed by atoms with Gasteiger partial charge in [-0.2, -0.15) is 8.78 Å². The van der Waals surface area contributed by atoms with Crippen LogP contribution in [-0.4, -0.2) is 16.8 Å². The number of thioether (sulfide) groups is 1. The zero-order valence-electron chi connectivity index (χ0n) is 21.3. The summed E-state index contributed by atoms with van der Waals surface area (Å²) < 4.78 is 40.4. The van der Waals surface area contributed by atoms with Crippen molar-refractivity contribution < 1.29 is 23.1 Å². The first kappa shape index (κ1) is 28.4. The van der Waals surface area contributed by atoms with Gasteiger partial charge in [0.1, 0.15) is 5.82 Å². The molecule has 0 aliphatic heterocycles. The molecule has 1 aromatic rings. The minimum Gasteiger partial charge on any atom is -0.481 e. The van der Waals surface area contributed by atoms with Crippen molar-refractivity contribution in [2.75, 3.05) is 0 Å². The Morgan fingerprint density at radius 3 is 2.20 bits per heavy atom. The number of halogens is 3. The summed E-state index contributed by atoms with van der Waals surface area (Å²) in [5.74, 6) is -3.16. The quantitative estimate of drug-likeness (QED) is 0.211. The van der Waals surface area contributed by atoms with E-state index in [0.29, 0.717) is 18.8 Å². The van der Waals surface area contributed by atoms with E-state index in [2.05, 4.69) is 6.92 Å². The highest BCUT2D eigenvalue weighted by Crippen LogP contribution is 2.52. The molecule has 0 spiro atoms. The molecule has 2 aliphatic rings. The molecule has 0 amide bonds. The van der Waals surface area contributed by atoms with Gasteiger partial charge in [-0.3, -0.25) is 4.79 Å². The van der Waals surface area contributed by atoms with E-state index in [0.717, 1.165) is 37.2 Å². The molecule has 198 valence electrons. The minimum absolute atomic E-state index is 0.0171. The second kappa shape index (κ2) is 13.9. The second-order valence-corrected chi connectivity index (χ2v) is 12.0. The van der Waals surface area contributed by atoms with Gasteiger partial charge in [-0.1, -0.05) is 89.0 Å². The summed E-state index contributed by atoms with van der Waals surface area (Å²) in [6, 6.07) is 4.80. The summed E-state index contributed by atoms with van der Waals surface area (Å²) in [5.41, 5.74) is 0.637. The maximum Gasteiger partial charge on any atom is 0.306 e. The highest BCUT2D eigenvalue weighted by Gasteiger charge is 2.45. The van der Waals surface area contributed by atoms with E-state index in [1.807, 2.05) is 6.07 Å². The fourth-order valence-corrected chi connectivity index (χ4v) is 7.22. The van der Waals surface area contributed by atoms with Crippen LogP contribution in [-0.2, 0) is 10.2 Å². The topological polar surface area (TPSA) is 37.3 Å². The van der Waals surface area contributed by atoms with Crippen LogP contribution in [0.3, 0.4) is 0 Å². The van der Waals surface area contributed by atoms with Crippen LogP contribution in [0.1, 0.15) is 115 Å². The number of hydrogen-bond donors (Lipinski definition) is 1. The summed E-state index contributed by atoms with van der Waals surface area (Å²) in [5, 5.41) is 9.52. The largest absolute Gasteiger partial charge is 0.481 e. The number of carbonyl (C=O) groups is 1. The van der Waals surface area contributed by atoms with Crippen molar-refractivity contribution in [3.63, 3.8) is 0 Å². The van der Waals surface area contributed by atoms with Gasteiger partial charge in [-0.15, -0.1) is 0 Å². The van der Waals surface area contributed by atoms with Crippen LogP contribution in [0.2, 0.25) is 0 Å². The Bertz CT molecular complexity index is 784. The van der Waals surface area contributed by atoms with E-state index in [-0.39, 0.29) is 28.0 Å². The van der Waals surface area contributed by atoms with Crippen molar-refractivity contribution in [2.24, 2.45) is 17.8 Å². The van der Waals surface area contributed by atoms with Crippen molar-refractivity contribution in [1.82, 2.24) is 0 Å². The zero-order valence-corrected chi connectivity index (χ0v) is 22.1. The van der Waals surface area contributed by atoms with Crippen LogP contribution < -0.4 is 0 Å². The lowest BCUT2D eigenvalue weighted by Crippen LogP contribution is -2.42. The number of benzene rings is 1.